The Morgan fingerprint density at radius 1 is 1.50 bits per heavy atom. The van der Waals surface area contributed by atoms with Crippen molar-refractivity contribution in [1.82, 2.24) is 10.2 Å². The predicted molar refractivity (Wildman–Crippen MR) is 64.3 cm³/mol. The van der Waals surface area contributed by atoms with Crippen LogP contribution in [0.2, 0.25) is 0 Å². The Morgan fingerprint density at radius 2 is 2.12 bits per heavy atom. The second kappa shape index (κ2) is 6.21. The number of hydrogen-bond acceptors (Lipinski definition) is 3. The molecule has 1 aliphatic rings. The highest BCUT2D eigenvalue weighted by atomic mass is 16.5. The van der Waals surface area contributed by atoms with Gasteiger partial charge in [0.2, 0.25) is 5.91 Å². The van der Waals surface area contributed by atoms with E-state index in [1.807, 2.05) is 11.9 Å². The van der Waals surface area contributed by atoms with Gasteiger partial charge in [0.05, 0.1) is 12.1 Å². The van der Waals surface area contributed by atoms with Crippen LogP contribution in [-0.4, -0.2) is 49.7 Å². The first kappa shape index (κ1) is 13.5. The summed E-state index contributed by atoms with van der Waals surface area (Å²) in [6, 6.07) is 0.298. The minimum Gasteiger partial charge on any atom is -0.380 e. The zero-order valence-corrected chi connectivity index (χ0v) is 10.8. The molecule has 94 valence electrons. The summed E-state index contributed by atoms with van der Waals surface area (Å²) >= 11 is 0. The first-order chi connectivity index (χ1) is 7.63. The molecule has 1 fully saturated rings. The van der Waals surface area contributed by atoms with Gasteiger partial charge in [0.15, 0.2) is 0 Å². The van der Waals surface area contributed by atoms with E-state index in [9.17, 15) is 4.79 Å². The second-order valence-corrected chi connectivity index (χ2v) is 4.47. The lowest BCUT2D eigenvalue weighted by Crippen LogP contribution is -2.46. The summed E-state index contributed by atoms with van der Waals surface area (Å²) in [6.07, 6.45) is 3.00. The van der Waals surface area contributed by atoms with Crippen molar-refractivity contribution >= 4 is 5.91 Å². The SMILES string of the molecule is CCC(CC)N(C)C(=O)C1CC(OC)CN1. The number of methoxy groups -OCH3 is 1. The van der Waals surface area contributed by atoms with Gasteiger partial charge in [-0.1, -0.05) is 13.8 Å². The average molecular weight is 228 g/mol. The van der Waals surface area contributed by atoms with E-state index >= 15 is 0 Å². The lowest BCUT2D eigenvalue weighted by Gasteiger charge is -2.28. The van der Waals surface area contributed by atoms with Crippen LogP contribution in [0.5, 0.6) is 0 Å². The van der Waals surface area contributed by atoms with Crippen molar-refractivity contribution in [1.29, 1.82) is 0 Å². The van der Waals surface area contributed by atoms with E-state index < -0.39 is 0 Å². The number of carbonyl (C=O) groups is 1. The number of carbonyl (C=O) groups excluding carboxylic acids is 1. The van der Waals surface area contributed by atoms with Crippen molar-refractivity contribution in [3.8, 4) is 0 Å². The minimum atomic E-state index is -0.0597. The topological polar surface area (TPSA) is 41.6 Å². The zero-order chi connectivity index (χ0) is 12.1. The number of likely N-dealkylation sites (N-methyl/N-ethyl adjacent to an activating group) is 1. The molecule has 2 atom stereocenters. The molecule has 1 saturated heterocycles. The van der Waals surface area contributed by atoms with Crippen LogP contribution in [0.3, 0.4) is 0 Å². The standard InChI is InChI=1S/C12H24N2O2/c1-5-9(6-2)14(3)12(15)11-7-10(16-4)8-13-11/h9-11,13H,5-8H2,1-4H3. The third-order valence-corrected chi connectivity index (χ3v) is 3.56. The van der Waals surface area contributed by atoms with E-state index in [0.717, 1.165) is 25.8 Å². The number of amides is 1. The first-order valence-electron chi connectivity index (χ1n) is 6.16. The summed E-state index contributed by atoms with van der Waals surface area (Å²) in [6.45, 7) is 5.03. The number of rotatable bonds is 5. The molecule has 1 amide bonds. The molecule has 2 unspecified atom stereocenters. The summed E-state index contributed by atoms with van der Waals surface area (Å²) < 4.78 is 5.25. The molecule has 0 aromatic rings. The Hall–Kier alpha value is -0.610. The molecule has 1 heterocycles. The maximum absolute atomic E-state index is 12.2. The highest BCUT2D eigenvalue weighted by Gasteiger charge is 2.32. The number of ether oxygens (including phenoxy) is 1. The predicted octanol–water partition coefficient (Wildman–Crippen LogP) is 1.01. The minimum absolute atomic E-state index is 0.0597. The summed E-state index contributed by atoms with van der Waals surface area (Å²) in [5.41, 5.74) is 0. The molecule has 1 rings (SSSR count). The van der Waals surface area contributed by atoms with Gasteiger partial charge in [-0.3, -0.25) is 4.79 Å². The van der Waals surface area contributed by atoms with Gasteiger partial charge in [-0.05, 0) is 19.3 Å². The van der Waals surface area contributed by atoms with Crippen LogP contribution in [-0.2, 0) is 9.53 Å². The van der Waals surface area contributed by atoms with E-state index in [-0.39, 0.29) is 18.1 Å². The quantitative estimate of drug-likeness (QED) is 0.763. The second-order valence-electron chi connectivity index (χ2n) is 4.47. The molecule has 1 N–H and O–H groups in total. The molecule has 1 aliphatic heterocycles. The van der Waals surface area contributed by atoms with Crippen molar-refractivity contribution < 1.29 is 9.53 Å². The molecule has 0 saturated carbocycles. The van der Waals surface area contributed by atoms with E-state index in [1.54, 1.807) is 7.11 Å². The largest absolute Gasteiger partial charge is 0.380 e. The molecule has 0 radical (unpaired) electrons. The highest BCUT2D eigenvalue weighted by Crippen LogP contribution is 2.14. The fourth-order valence-electron chi connectivity index (χ4n) is 2.33. The van der Waals surface area contributed by atoms with Gasteiger partial charge in [0.1, 0.15) is 0 Å². The molecule has 16 heavy (non-hydrogen) atoms. The molecular weight excluding hydrogens is 204 g/mol. The molecule has 0 spiro atoms. The van der Waals surface area contributed by atoms with Crippen LogP contribution in [0.4, 0.5) is 0 Å². The van der Waals surface area contributed by atoms with Crippen molar-refractivity contribution in [2.24, 2.45) is 0 Å². The summed E-state index contributed by atoms with van der Waals surface area (Å²) in [5.74, 6) is 0.202. The maximum Gasteiger partial charge on any atom is 0.239 e. The van der Waals surface area contributed by atoms with E-state index in [4.69, 9.17) is 4.74 Å². The van der Waals surface area contributed by atoms with Gasteiger partial charge in [-0.25, -0.2) is 0 Å². The van der Waals surface area contributed by atoms with E-state index in [1.165, 1.54) is 0 Å². The van der Waals surface area contributed by atoms with Gasteiger partial charge in [-0.15, -0.1) is 0 Å². The van der Waals surface area contributed by atoms with Crippen LogP contribution in [0.1, 0.15) is 33.1 Å². The van der Waals surface area contributed by atoms with Gasteiger partial charge < -0.3 is 15.0 Å². The van der Waals surface area contributed by atoms with Gasteiger partial charge in [0, 0.05) is 26.7 Å². The van der Waals surface area contributed by atoms with E-state index in [2.05, 4.69) is 19.2 Å². The smallest absolute Gasteiger partial charge is 0.239 e. The van der Waals surface area contributed by atoms with Crippen LogP contribution in [0.25, 0.3) is 0 Å². The van der Waals surface area contributed by atoms with Crippen molar-refractivity contribution in [3.63, 3.8) is 0 Å². The molecule has 4 nitrogen and oxygen atoms in total. The lowest BCUT2D eigenvalue weighted by molar-refractivity contribution is -0.134. The van der Waals surface area contributed by atoms with Gasteiger partial charge in [-0.2, -0.15) is 0 Å². The summed E-state index contributed by atoms with van der Waals surface area (Å²) in [4.78, 5) is 14.1. The monoisotopic (exact) mass is 228 g/mol. The molecule has 4 heteroatoms. The number of hydrogen-bond donors (Lipinski definition) is 1. The average Bonchev–Trinajstić information content (AvgIpc) is 2.78. The summed E-state index contributed by atoms with van der Waals surface area (Å²) in [7, 11) is 3.60. The Morgan fingerprint density at radius 3 is 2.56 bits per heavy atom. The molecular formula is C12H24N2O2. The van der Waals surface area contributed by atoms with Crippen LogP contribution < -0.4 is 5.32 Å². The fraction of sp³-hybridized carbons (Fsp3) is 0.917. The molecule has 0 bridgehead atoms. The van der Waals surface area contributed by atoms with Crippen molar-refractivity contribution in [2.45, 2.75) is 51.3 Å². The normalized spacial score (nSPS) is 25.1. The Balaban J connectivity index is 2.51. The van der Waals surface area contributed by atoms with Gasteiger partial charge in [0.25, 0.3) is 0 Å². The summed E-state index contributed by atoms with van der Waals surface area (Å²) in [5, 5.41) is 3.23. The maximum atomic E-state index is 12.2. The Bertz CT molecular complexity index is 229. The lowest BCUT2D eigenvalue weighted by atomic mass is 10.1. The Labute approximate surface area is 98.3 Å². The van der Waals surface area contributed by atoms with E-state index in [0.29, 0.717) is 6.04 Å². The fourth-order valence-corrected chi connectivity index (χ4v) is 2.33. The van der Waals surface area contributed by atoms with Crippen LogP contribution in [0, 0.1) is 0 Å². The molecule has 0 aromatic heterocycles. The third-order valence-electron chi connectivity index (χ3n) is 3.56. The Kier molecular flexibility index (Phi) is 5.22. The van der Waals surface area contributed by atoms with Crippen molar-refractivity contribution in [3.05, 3.63) is 0 Å². The molecule has 0 aromatic carbocycles. The van der Waals surface area contributed by atoms with Crippen LogP contribution >= 0.6 is 0 Å². The van der Waals surface area contributed by atoms with Crippen molar-refractivity contribution in [2.75, 3.05) is 20.7 Å². The number of nitrogens with one attached hydrogen (secondary N) is 1. The van der Waals surface area contributed by atoms with Crippen LogP contribution in [0.15, 0.2) is 0 Å². The van der Waals surface area contributed by atoms with Gasteiger partial charge >= 0.3 is 0 Å². The highest BCUT2D eigenvalue weighted by molar-refractivity contribution is 5.82. The number of nitrogens with zero attached hydrogens (tertiary/aromatic N) is 1. The molecule has 0 aliphatic carbocycles. The first-order valence-corrected chi connectivity index (χ1v) is 6.16. The third kappa shape index (κ3) is 2.95. The zero-order valence-electron chi connectivity index (χ0n) is 10.8.